The number of halogens is 2. The zero-order chi connectivity index (χ0) is 15.1. The third-order valence-electron chi connectivity index (χ3n) is 2.63. The lowest BCUT2D eigenvalue weighted by Gasteiger charge is -2.15. The summed E-state index contributed by atoms with van der Waals surface area (Å²) >= 11 is 9.12. The first-order chi connectivity index (χ1) is 9.43. The molecule has 1 rings (SSSR count). The Labute approximate surface area is 130 Å². The van der Waals surface area contributed by atoms with Crippen LogP contribution in [0.1, 0.15) is 26.2 Å². The van der Waals surface area contributed by atoms with Crippen LogP contribution in [0.5, 0.6) is 0 Å². The Morgan fingerprint density at radius 3 is 2.75 bits per heavy atom. The van der Waals surface area contributed by atoms with Crippen molar-refractivity contribution in [3.63, 3.8) is 0 Å². The number of urea groups is 1. The molecule has 0 aliphatic heterocycles. The van der Waals surface area contributed by atoms with E-state index in [0.29, 0.717) is 21.6 Å². The summed E-state index contributed by atoms with van der Waals surface area (Å²) in [5.74, 6) is -1.04. The Morgan fingerprint density at radius 1 is 1.45 bits per heavy atom. The van der Waals surface area contributed by atoms with E-state index in [1.807, 2.05) is 6.92 Å². The van der Waals surface area contributed by atoms with Crippen molar-refractivity contribution in [2.24, 2.45) is 0 Å². The van der Waals surface area contributed by atoms with Crippen LogP contribution in [0.3, 0.4) is 0 Å². The average molecular weight is 364 g/mol. The van der Waals surface area contributed by atoms with Crippen molar-refractivity contribution in [1.29, 1.82) is 0 Å². The van der Waals surface area contributed by atoms with E-state index in [0.717, 1.165) is 12.8 Å². The Balaban J connectivity index is 2.65. The molecule has 20 heavy (non-hydrogen) atoms. The number of carboxylic acids is 1. The van der Waals surface area contributed by atoms with Gasteiger partial charge in [-0.15, -0.1) is 0 Å². The predicted molar refractivity (Wildman–Crippen MR) is 82.3 cm³/mol. The smallest absolute Gasteiger partial charge is 0.326 e. The molecule has 2 amide bonds. The van der Waals surface area contributed by atoms with Crippen molar-refractivity contribution in [1.82, 2.24) is 5.32 Å². The minimum absolute atomic E-state index is 0.399. The maximum atomic E-state index is 11.8. The number of carbonyl (C=O) groups is 2. The molecule has 110 valence electrons. The minimum Gasteiger partial charge on any atom is -0.480 e. The van der Waals surface area contributed by atoms with Crippen LogP contribution in [0, 0.1) is 0 Å². The fourth-order valence-electron chi connectivity index (χ4n) is 1.58. The van der Waals surface area contributed by atoms with Crippen molar-refractivity contribution in [2.75, 3.05) is 5.32 Å². The summed E-state index contributed by atoms with van der Waals surface area (Å²) in [7, 11) is 0. The summed E-state index contributed by atoms with van der Waals surface area (Å²) in [6.07, 6.45) is 2.00. The molecule has 5 nitrogen and oxygen atoms in total. The zero-order valence-electron chi connectivity index (χ0n) is 11.0. The molecule has 0 aliphatic rings. The molecule has 7 heteroatoms. The van der Waals surface area contributed by atoms with E-state index in [1.54, 1.807) is 18.2 Å². The van der Waals surface area contributed by atoms with Crippen LogP contribution < -0.4 is 10.6 Å². The van der Waals surface area contributed by atoms with Crippen molar-refractivity contribution in [2.45, 2.75) is 32.2 Å². The molecule has 0 bridgehead atoms. The minimum atomic E-state index is -1.04. The molecule has 0 heterocycles. The average Bonchev–Trinajstić information content (AvgIpc) is 2.38. The number of hydrogen-bond donors (Lipinski definition) is 3. The number of unbranched alkanes of at least 4 members (excludes halogenated alkanes) is 1. The number of benzene rings is 1. The molecule has 0 saturated heterocycles. The quantitative estimate of drug-likeness (QED) is 0.718. The van der Waals surface area contributed by atoms with Crippen LogP contribution in [0.15, 0.2) is 22.7 Å². The highest BCUT2D eigenvalue weighted by Crippen LogP contribution is 2.25. The fourth-order valence-corrected chi connectivity index (χ4v) is 2.09. The van der Waals surface area contributed by atoms with E-state index in [2.05, 4.69) is 26.6 Å². The fraction of sp³-hybridized carbons (Fsp3) is 0.385. The Morgan fingerprint density at radius 2 is 2.15 bits per heavy atom. The van der Waals surface area contributed by atoms with Crippen LogP contribution in [0.2, 0.25) is 5.02 Å². The maximum absolute atomic E-state index is 11.8. The number of carboxylic acid groups (broad SMARTS) is 1. The first kappa shape index (κ1) is 16.8. The normalized spacial score (nSPS) is 11.8. The Hall–Kier alpha value is -1.27. The van der Waals surface area contributed by atoms with Gasteiger partial charge in [0.2, 0.25) is 0 Å². The van der Waals surface area contributed by atoms with Crippen LogP contribution >= 0.6 is 27.5 Å². The van der Waals surface area contributed by atoms with Gasteiger partial charge in [-0.3, -0.25) is 0 Å². The van der Waals surface area contributed by atoms with E-state index in [1.165, 1.54) is 0 Å². The van der Waals surface area contributed by atoms with Gasteiger partial charge in [-0.2, -0.15) is 0 Å². The molecule has 1 aromatic rings. The van der Waals surface area contributed by atoms with E-state index < -0.39 is 18.0 Å². The molecule has 1 aromatic carbocycles. The van der Waals surface area contributed by atoms with Crippen molar-refractivity contribution < 1.29 is 14.7 Å². The molecule has 0 spiro atoms. The second-order valence-electron chi connectivity index (χ2n) is 4.26. The monoisotopic (exact) mass is 362 g/mol. The second kappa shape index (κ2) is 8.11. The van der Waals surface area contributed by atoms with Gasteiger partial charge in [-0.1, -0.05) is 31.4 Å². The lowest BCUT2D eigenvalue weighted by Crippen LogP contribution is -2.43. The number of nitrogens with one attached hydrogen (secondary N) is 2. The number of hydrogen-bond acceptors (Lipinski definition) is 2. The number of amides is 2. The highest BCUT2D eigenvalue weighted by Gasteiger charge is 2.19. The van der Waals surface area contributed by atoms with Crippen molar-refractivity contribution in [3.8, 4) is 0 Å². The van der Waals surface area contributed by atoms with Gasteiger partial charge < -0.3 is 15.7 Å². The lowest BCUT2D eigenvalue weighted by atomic mass is 10.1. The lowest BCUT2D eigenvalue weighted by molar-refractivity contribution is -0.139. The number of anilines is 1. The molecule has 0 aromatic heterocycles. The summed E-state index contributed by atoms with van der Waals surface area (Å²) in [4.78, 5) is 22.8. The molecule has 1 atom stereocenters. The van der Waals surface area contributed by atoms with Crippen molar-refractivity contribution in [3.05, 3.63) is 27.7 Å². The highest BCUT2D eigenvalue weighted by atomic mass is 79.9. The number of rotatable bonds is 6. The Bertz CT molecular complexity index is 497. The second-order valence-corrected chi connectivity index (χ2v) is 5.55. The molecular weight excluding hydrogens is 348 g/mol. The molecule has 0 radical (unpaired) electrons. The molecule has 0 aliphatic carbocycles. The zero-order valence-corrected chi connectivity index (χ0v) is 13.3. The van der Waals surface area contributed by atoms with E-state index in [9.17, 15) is 9.59 Å². The first-order valence-corrected chi connectivity index (χ1v) is 7.36. The summed E-state index contributed by atoms with van der Waals surface area (Å²) < 4.78 is 0.664. The van der Waals surface area contributed by atoms with Crippen LogP contribution in [-0.4, -0.2) is 23.1 Å². The molecule has 0 fully saturated rings. The number of carbonyl (C=O) groups excluding carboxylic acids is 1. The van der Waals surface area contributed by atoms with Gasteiger partial charge in [0.1, 0.15) is 6.04 Å². The van der Waals surface area contributed by atoms with Gasteiger partial charge in [0.05, 0.1) is 5.69 Å². The van der Waals surface area contributed by atoms with Crippen molar-refractivity contribution >= 4 is 45.2 Å². The molecule has 3 N–H and O–H groups in total. The molecule has 1 unspecified atom stereocenters. The van der Waals surface area contributed by atoms with Gasteiger partial charge in [0.25, 0.3) is 0 Å². The standard InChI is InChI=1S/C13H16BrClN2O3/c1-2-3-4-10(12(18)19)16-13(20)17-11-7-8(15)5-6-9(11)14/h5-7,10H,2-4H2,1H3,(H,18,19)(H2,16,17,20). The van der Waals surface area contributed by atoms with Crippen LogP contribution in [0.25, 0.3) is 0 Å². The number of aliphatic carboxylic acids is 1. The maximum Gasteiger partial charge on any atom is 0.326 e. The van der Waals surface area contributed by atoms with Gasteiger partial charge in [-0.05, 0) is 40.5 Å². The SMILES string of the molecule is CCCCC(NC(=O)Nc1cc(Cl)ccc1Br)C(=O)O. The summed E-state index contributed by atoms with van der Waals surface area (Å²) in [5, 5.41) is 14.5. The third kappa shape index (κ3) is 5.38. The predicted octanol–water partition coefficient (Wildman–Crippen LogP) is 3.87. The third-order valence-corrected chi connectivity index (χ3v) is 3.55. The Kier molecular flexibility index (Phi) is 6.81. The van der Waals surface area contributed by atoms with E-state index >= 15 is 0 Å². The molecule has 0 saturated carbocycles. The summed E-state index contributed by atoms with van der Waals surface area (Å²) in [5.41, 5.74) is 0.481. The molecular formula is C13H16BrClN2O3. The summed E-state index contributed by atoms with van der Waals surface area (Å²) in [6, 6.07) is 3.48. The van der Waals surface area contributed by atoms with E-state index in [-0.39, 0.29) is 0 Å². The van der Waals surface area contributed by atoms with Crippen LogP contribution in [0.4, 0.5) is 10.5 Å². The first-order valence-electron chi connectivity index (χ1n) is 6.19. The van der Waals surface area contributed by atoms with Crippen LogP contribution in [-0.2, 0) is 4.79 Å². The van der Waals surface area contributed by atoms with Gasteiger partial charge in [-0.25, -0.2) is 9.59 Å². The van der Waals surface area contributed by atoms with Gasteiger partial charge >= 0.3 is 12.0 Å². The highest BCUT2D eigenvalue weighted by molar-refractivity contribution is 9.10. The summed E-state index contributed by atoms with van der Waals surface area (Å²) in [6.45, 7) is 1.96. The van der Waals surface area contributed by atoms with Gasteiger partial charge in [0, 0.05) is 9.50 Å². The van der Waals surface area contributed by atoms with Gasteiger partial charge in [0.15, 0.2) is 0 Å². The largest absolute Gasteiger partial charge is 0.480 e. The topological polar surface area (TPSA) is 78.4 Å². The van der Waals surface area contributed by atoms with E-state index in [4.69, 9.17) is 16.7 Å².